The highest BCUT2D eigenvalue weighted by atomic mass is 17.2. The normalized spacial score (nSPS) is 21.8. The van der Waals surface area contributed by atoms with Crippen LogP contribution in [-0.2, 0) is 21.1 Å². The van der Waals surface area contributed by atoms with E-state index in [9.17, 15) is 4.79 Å². The van der Waals surface area contributed by atoms with Crippen molar-refractivity contribution in [2.45, 2.75) is 32.1 Å². The van der Waals surface area contributed by atoms with Gasteiger partial charge in [0.25, 0.3) is 5.91 Å². The molecule has 2 aliphatic rings. The standard InChI is InChI=1S/C20H19NO3/c1-20(2)12-16-15-10-6-7-11-17(15)21(19(22)18(16)23-24-20)13-14-8-4-3-5-9-14/h3-12,18H,13H2,1-2H3. The molecule has 2 aliphatic heterocycles. The highest BCUT2D eigenvalue weighted by Crippen LogP contribution is 2.41. The Bertz CT molecular complexity index is 811. The maximum atomic E-state index is 13.0. The maximum absolute atomic E-state index is 13.0. The monoisotopic (exact) mass is 321 g/mol. The number of benzene rings is 2. The Morgan fingerprint density at radius 1 is 1.04 bits per heavy atom. The van der Waals surface area contributed by atoms with Crippen LogP contribution in [0.5, 0.6) is 0 Å². The van der Waals surface area contributed by atoms with Crippen molar-refractivity contribution >= 4 is 17.2 Å². The van der Waals surface area contributed by atoms with Crippen LogP contribution in [0.25, 0.3) is 5.57 Å². The smallest absolute Gasteiger partial charge is 0.264 e. The minimum absolute atomic E-state index is 0.0979. The van der Waals surface area contributed by atoms with Gasteiger partial charge in [0.1, 0.15) is 5.60 Å². The third-order valence-electron chi connectivity index (χ3n) is 4.32. The lowest BCUT2D eigenvalue weighted by Gasteiger charge is -2.39. The molecule has 1 unspecified atom stereocenters. The van der Waals surface area contributed by atoms with Crippen molar-refractivity contribution in [1.82, 2.24) is 0 Å². The largest absolute Gasteiger partial charge is 0.305 e. The number of amides is 1. The molecule has 0 N–H and O–H groups in total. The summed E-state index contributed by atoms with van der Waals surface area (Å²) in [6.45, 7) is 4.34. The van der Waals surface area contributed by atoms with E-state index in [0.29, 0.717) is 6.54 Å². The summed E-state index contributed by atoms with van der Waals surface area (Å²) in [4.78, 5) is 25.7. The van der Waals surface area contributed by atoms with E-state index in [1.54, 1.807) is 4.90 Å². The first-order valence-electron chi connectivity index (χ1n) is 8.07. The third-order valence-corrected chi connectivity index (χ3v) is 4.32. The van der Waals surface area contributed by atoms with Gasteiger partial charge in [-0.25, -0.2) is 9.78 Å². The molecule has 2 heterocycles. The number of nitrogens with zero attached hydrogens (tertiary/aromatic N) is 1. The van der Waals surface area contributed by atoms with Gasteiger partial charge in [-0.15, -0.1) is 0 Å². The van der Waals surface area contributed by atoms with E-state index in [1.807, 2.05) is 74.5 Å². The predicted octanol–water partition coefficient (Wildman–Crippen LogP) is 3.73. The number of carbonyl (C=O) groups excluding carboxylic acids is 1. The Morgan fingerprint density at radius 2 is 1.75 bits per heavy atom. The molecule has 4 nitrogen and oxygen atoms in total. The van der Waals surface area contributed by atoms with E-state index in [-0.39, 0.29) is 5.91 Å². The summed E-state index contributed by atoms with van der Waals surface area (Å²) in [5, 5.41) is 0. The first-order chi connectivity index (χ1) is 11.6. The Morgan fingerprint density at radius 3 is 2.54 bits per heavy atom. The quantitative estimate of drug-likeness (QED) is 0.791. The minimum atomic E-state index is -0.711. The van der Waals surface area contributed by atoms with Gasteiger partial charge < -0.3 is 4.90 Å². The molecule has 122 valence electrons. The van der Waals surface area contributed by atoms with E-state index in [2.05, 4.69) is 0 Å². The first-order valence-corrected chi connectivity index (χ1v) is 8.07. The highest BCUT2D eigenvalue weighted by molar-refractivity contribution is 6.11. The molecular weight excluding hydrogens is 302 g/mol. The number of para-hydroxylation sites is 1. The van der Waals surface area contributed by atoms with Crippen LogP contribution in [0.2, 0.25) is 0 Å². The van der Waals surface area contributed by atoms with Gasteiger partial charge >= 0.3 is 0 Å². The summed E-state index contributed by atoms with van der Waals surface area (Å²) >= 11 is 0. The van der Waals surface area contributed by atoms with Crippen molar-refractivity contribution in [2.24, 2.45) is 0 Å². The number of carbonyl (C=O) groups is 1. The van der Waals surface area contributed by atoms with Gasteiger partial charge in [0.2, 0.25) is 0 Å². The molecule has 2 aromatic rings. The average Bonchev–Trinajstić information content (AvgIpc) is 2.59. The fourth-order valence-electron chi connectivity index (χ4n) is 3.23. The number of hydrogen-bond donors (Lipinski definition) is 0. The Kier molecular flexibility index (Phi) is 3.52. The maximum Gasteiger partial charge on any atom is 0.264 e. The molecule has 0 radical (unpaired) electrons. The van der Waals surface area contributed by atoms with Gasteiger partial charge in [0.15, 0.2) is 6.10 Å². The zero-order valence-corrected chi connectivity index (χ0v) is 13.7. The fraction of sp³-hybridized carbons (Fsp3) is 0.250. The van der Waals surface area contributed by atoms with Crippen LogP contribution in [0.3, 0.4) is 0 Å². The molecule has 0 fully saturated rings. The van der Waals surface area contributed by atoms with Crippen molar-refractivity contribution in [2.75, 3.05) is 4.90 Å². The van der Waals surface area contributed by atoms with Gasteiger partial charge in [-0.2, -0.15) is 0 Å². The molecule has 0 saturated carbocycles. The summed E-state index contributed by atoms with van der Waals surface area (Å²) in [5.74, 6) is -0.0979. The fourth-order valence-corrected chi connectivity index (χ4v) is 3.23. The van der Waals surface area contributed by atoms with E-state index < -0.39 is 11.7 Å². The van der Waals surface area contributed by atoms with Gasteiger partial charge in [0, 0.05) is 11.1 Å². The minimum Gasteiger partial charge on any atom is -0.305 e. The van der Waals surface area contributed by atoms with Crippen molar-refractivity contribution in [3.05, 3.63) is 71.8 Å². The van der Waals surface area contributed by atoms with Crippen molar-refractivity contribution in [1.29, 1.82) is 0 Å². The lowest BCUT2D eigenvalue weighted by Crippen LogP contribution is -2.48. The first kappa shape index (κ1) is 15.1. The summed E-state index contributed by atoms with van der Waals surface area (Å²) < 4.78 is 0. The molecule has 24 heavy (non-hydrogen) atoms. The van der Waals surface area contributed by atoms with Gasteiger partial charge in [-0.3, -0.25) is 4.79 Å². The summed E-state index contributed by atoms with van der Waals surface area (Å²) in [6, 6.07) is 17.9. The molecule has 0 spiro atoms. The zero-order valence-electron chi connectivity index (χ0n) is 13.7. The molecular formula is C20H19NO3. The van der Waals surface area contributed by atoms with Crippen LogP contribution < -0.4 is 4.90 Å². The van der Waals surface area contributed by atoms with Crippen LogP contribution >= 0.6 is 0 Å². The SMILES string of the molecule is CC1(C)C=C2c3ccccc3N(Cc3ccccc3)C(=O)C2OO1. The molecule has 0 aliphatic carbocycles. The summed E-state index contributed by atoms with van der Waals surface area (Å²) in [5.41, 5.74) is 3.34. The average molecular weight is 321 g/mol. The van der Waals surface area contributed by atoms with E-state index >= 15 is 0 Å². The molecule has 1 atom stereocenters. The van der Waals surface area contributed by atoms with E-state index in [4.69, 9.17) is 9.78 Å². The van der Waals surface area contributed by atoms with E-state index in [0.717, 1.165) is 22.4 Å². The van der Waals surface area contributed by atoms with Crippen molar-refractivity contribution < 1.29 is 14.6 Å². The number of rotatable bonds is 2. The Balaban J connectivity index is 1.81. The van der Waals surface area contributed by atoms with E-state index in [1.165, 1.54) is 0 Å². The van der Waals surface area contributed by atoms with Crippen LogP contribution in [-0.4, -0.2) is 17.6 Å². The lowest BCUT2D eigenvalue weighted by molar-refractivity contribution is -0.354. The highest BCUT2D eigenvalue weighted by Gasteiger charge is 2.42. The van der Waals surface area contributed by atoms with Crippen molar-refractivity contribution in [3.63, 3.8) is 0 Å². The third kappa shape index (κ3) is 2.54. The number of hydrogen-bond acceptors (Lipinski definition) is 3. The number of fused-ring (bicyclic) bond motifs is 3. The molecule has 2 aromatic carbocycles. The number of anilines is 1. The second-order valence-electron chi connectivity index (χ2n) is 6.69. The molecule has 0 aromatic heterocycles. The molecule has 1 amide bonds. The molecule has 0 bridgehead atoms. The van der Waals surface area contributed by atoms with Crippen LogP contribution in [0.15, 0.2) is 60.7 Å². The Hall–Kier alpha value is -2.43. The van der Waals surface area contributed by atoms with Crippen LogP contribution in [0.1, 0.15) is 25.0 Å². The summed E-state index contributed by atoms with van der Waals surface area (Å²) in [7, 11) is 0. The van der Waals surface area contributed by atoms with Gasteiger partial charge in [-0.05, 0) is 31.6 Å². The predicted molar refractivity (Wildman–Crippen MR) is 92.1 cm³/mol. The van der Waals surface area contributed by atoms with Crippen LogP contribution in [0.4, 0.5) is 5.69 Å². The second-order valence-corrected chi connectivity index (χ2v) is 6.69. The Labute approximate surface area is 141 Å². The molecule has 4 rings (SSSR count). The van der Waals surface area contributed by atoms with Gasteiger partial charge in [-0.1, -0.05) is 48.5 Å². The van der Waals surface area contributed by atoms with Gasteiger partial charge in [0.05, 0.1) is 12.2 Å². The topological polar surface area (TPSA) is 38.8 Å². The van der Waals surface area contributed by atoms with Crippen molar-refractivity contribution in [3.8, 4) is 0 Å². The molecule has 0 saturated heterocycles. The lowest BCUT2D eigenvalue weighted by atomic mass is 9.88. The second kappa shape index (κ2) is 5.58. The zero-order chi connectivity index (χ0) is 16.7. The molecule has 4 heteroatoms. The van der Waals surface area contributed by atoms with Crippen LogP contribution in [0, 0.1) is 0 Å². The summed E-state index contributed by atoms with van der Waals surface area (Å²) in [6.07, 6.45) is 1.27.